The Kier molecular flexibility index (Phi) is 6.44. The van der Waals surface area contributed by atoms with Crippen LogP contribution in [-0.4, -0.2) is 46.0 Å². The third kappa shape index (κ3) is 5.52. The van der Waals surface area contributed by atoms with Crippen molar-refractivity contribution in [2.24, 2.45) is 5.41 Å². The third-order valence-electron chi connectivity index (χ3n) is 5.54. The van der Waals surface area contributed by atoms with Gasteiger partial charge in [-0.2, -0.15) is 0 Å². The van der Waals surface area contributed by atoms with Crippen molar-refractivity contribution in [3.8, 4) is 11.3 Å². The summed E-state index contributed by atoms with van der Waals surface area (Å²) in [5.74, 6) is -0.0659. The first-order chi connectivity index (χ1) is 14.8. The smallest absolute Gasteiger partial charge is 0.223 e. The number of halogens is 1. The van der Waals surface area contributed by atoms with Crippen molar-refractivity contribution in [3.63, 3.8) is 0 Å². The quantitative estimate of drug-likeness (QED) is 0.505. The van der Waals surface area contributed by atoms with E-state index < -0.39 is 0 Å². The first kappa shape index (κ1) is 22.0. The van der Waals surface area contributed by atoms with Crippen LogP contribution in [0.2, 0.25) is 0 Å². The molecule has 0 radical (unpaired) electrons. The van der Waals surface area contributed by atoms with Crippen molar-refractivity contribution >= 4 is 22.2 Å². The number of aromatic nitrogens is 2. The summed E-state index contributed by atoms with van der Waals surface area (Å²) in [4.78, 5) is 20.6. The van der Waals surface area contributed by atoms with E-state index in [4.69, 9.17) is 4.74 Å². The van der Waals surface area contributed by atoms with Crippen molar-refractivity contribution in [1.29, 1.82) is 0 Å². The molecule has 1 fully saturated rings. The Morgan fingerprint density at radius 3 is 2.77 bits per heavy atom. The van der Waals surface area contributed by atoms with E-state index in [1.165, 1.54) is 12.1 Å². The average molecular weight is 444 g/mol. The van der Waals surface area contributed by atoms with Crippen LogP contribution in [0.25, 0.3) is 16.2 Å². The number of nitrogens with zero attached hydrogens (tertiary/aromatic N) is 3. The fourth-order valence-electron chi connectivity index (χ4n) is 3.94. The summed E-state index contributed by atoms with van der Waals surface area (Å²) in [7, 11) is 0. The lowest BCUT2D eigenvalue weighted by Gasteiger charge is -2.28. The van der Waals surface area contributed by atoms with Crippen LogP contribution < -0.4 is 0 Å². The molecule has 5 nitrogen and oxygen atoms in total. The topological polar surface area (TPSA) is 46.8 Å². The fourth-order valence-corrected chi connectivity index (χ4v) is 4.84. The zero-order valence-electron chi connectivity index (χ0n) is 18.4. The zero-order valence-corrected chi connectivity index (χ0v) is 19.3. The molecule has 0 bridgehead atoms. The SMILES string of the molecule is CC(C)(C)CC(=O)N(CCc1csc2nc(-c3ccc(F)cc3)cn12)CC1CCCO1. The van der Waals surface area contributed by atoms with E-state index >= 15 is 0 Å². The second-order valence-electron chi connectivity index (χ2n) is 9.47. The van der Waals surface area contributed by atoms with E-state index in [1.54, 1.807) is 23.5 Å². The van der Waals surface area contributed by atoms with Gasteiger partial charge in [-0.05, 0) is 42.5 Å². The fraction of sp³-hybridized carbons (Fsp3) is 0.500. The van der Waals surface area contributed by atoms with Gasteiger partial charge in [0.2, 0.25) is 5.91 Å². The van der Waals surface area contributed by atoms with Crippen LogP contribution in [0, 0.1) is 11.2 Å². The maximum atomic E-state index is 13.2. The van der Waals surface area contributed by atoms with Gasteiger partial charge in [-0.1, -0.05) is 20.8 Å². The molecule has 1 amide bonds. The van der Waals surface area contributed by atoms with Gasteiger partial charge in [0.25, 0.3) is 0 Å². The number of hydrogen-bond acceptors (Lipinski definition) is 4. The predicted molar refractivity (Wildman–Crippen MR) is 122 cm³/mol. The van der Waals surface area contributed by atoms with E-state index in [0.29, 0.717) is 19.5 Å². The highest BCUT2D eigenvalue weighted by atomic mass is 32.1. The Hall–Kier alpha value is -2.25. The summed E-state index contributed by atoms with van der Waals surface area (Å²) in [5, 5.41) is 2.11. The second-order valence-corrected chi connectivity index (χ2v) is 10.3. The van der Waals surface area contributed by atoms with Gasteiger partial charge in [-0.15, -0.1) is 11.3 Å². The normalized spacial score (nSPS) is 16.8. The molecule has 31 heavy (non-hydrogen) atoms. The number of amides is 1. The Labute approximate surface area is 186 Å². The Morgan fingerprint density at radius 2 is 2.10 bits per heavy atom. The van der Waals surface area contributed by atoms with Crippen LogP contribution in [0.3, 0.4) is 0 Å². The van der Waals surface area contributed by atoms with Crippen LogP contribution in [0.4, 0.5) is 4.39 Å². The van der Waals surface area contributed by atoms with Crippen LogP contribution in [0.1, 0.15) is 45.7 Å². The molecule has 1 aliphatic rings. The lowest BCUT2D eigenvalue weighted by molar-refractivity contribution is -0.134. The lowest BCUT2D eigenvalue weighted by Crippen LogP contribution is -2.40. The number of thiazole rings is 1. The summed E-state index contributed by atoms with van der Waals surface area (Å²) in [6.45, 7) is 8.40. The second kappa shape index (κ2) is 9.09. The third-order valence-corrected chi connectivity index (χ3v) is 6.43. The number of imidazole rings is 1. The molecule has 1 aliphatic heterocycles. The summed E-state index contributed by atoms with van der Waals surface area (Å²) in [6, 6.07) is 6.40. The predicted octanol–water partition coefficient (Wildman–Crippen LogP) is 5.19. The minimum atomic E-state index is -0.253. The summed E-state index contributed by atoms with van der Waals surface area (Å²) in [5.41, 5.74) is 2.80. The Morgan fingerprint density at radius 1 is 1.32 bits per heavy atom. The molecule has 4 rings (SSSR count). The zero-order chi connectivity index (χ0) is 22.0. The largest absolute Gasteiger partial charge is 0.376 e. The van der Waals surface area contributed by atoms with Gasteiger partial charge in [0.05, 0.1) is 11.8 Å². The number of hydrogen-bond donors (Lipinski definition) is 0. The molecule has 1 unspecified atom stereocenters. The van der Waals surface area contributed by atoms with Gasteiger partial charge in [-0.25, -0.2) is 9.37 Å². The first-order valence-electron chi connectivity index (χ1n) is 10.9. The number of rotatable bonds is 7. The van der Waals surface area contributed by atoms with Gasteiger partial charge in [-0.3, -0.25) is 9.20 Å². The number of ether oxygens (including phenoxy) is 1. The van der Waals surface area contributed by atoms with Crippen LogP contribution >= 0.6 is 11.3 Å². The summed E-state index contributed by atoms with van der Waals surface area (Å²) >= 11 is 1.59. The van der Waals surface area contributed by atoms with Crippen molar-refractivity contribution in [2.75, 3.05) is 19.7 Å². The molecule has 0 N–H and O–H groups in total. The highest BCUT2D eigenvalue weighted by molar-refractivity contribution is 7.15. The molecule has 0 spiro atoms. The Balaban J connectivity index is 1.49. The van der Waals surface area contributed by atoms with Gasteiger partial charge >= 0.3 is 0 Å². The standard InChI is InChI=1S/C24H30FN3O2S/c1-24(2,3)13-22(29)27(14-20-5-4-12-30-20)11-10-19-16-31-23-26-21(15-28(19)23)17-6-8-18(25)9-7-17/h6-9,15-16,20H,4-5,10-14H2,1-3H3. The molecule has 7 heteroatoms. The van der Waals surface area contributed by atoms with Crippen LogP contribution in [0.5, 0.6) is 0 Å². The maximum Gasteiger partial charge on any atom is 0.223 e. The highest BCUT2D eigenvalue weighted by Crippen LogP contribution is 2.25. The minimum absolute atomic E-state index is 0.0457. The molecule has 1 saturated heterocycles. The van der Waals surface area contributed by atoms with Gasteiger partial charge in [0.15, 0.2) is 4.96 Å². The number of carbonyl (C=O) groups is 1. The Bertz CT molecular complexity index is 1030. The molecular weight excluding hydrogens is 413 g/mol. The number of benzene rings is 1. The molecule has 3 aromatic rings. The van der Waals surface area contributed by atoms with Crippen molar-refractivity contribution in [1.82, 2.24) is 14.3 Å². The molecule has 0 saturated carbocycles. The van der Waals surface area contributed by atoms with Gasteiger partial charge < -0.3 is 9.64 Å². The maximum absolute atomic E-state index is 13.2. The van der Waals surface area contributed by atoms with E-state index in [-0.39, 0.29) is 23.2 Å². The van der Waals surface area contributed by atoms with Crippen molar-refractivity contribution in [2.45, 2.75) is 52.6 Å². The van der Waals surface area contributed by atoms with Gasteiger partial charge in [0.1, 0.15) is 5.82 Å². The van der Waals surface area contributed by atoms with E-state index in [1.807, 2.05) is 11.1 Å². The van der Waals surface area contributed by atoms with E-state index in [2.05, 4.69) is 35.5 Å². The molecule has 1 aromatic carbocycles. The molecule has 3 heterocycles. The summed E-state index contributed by atoms with van der Waals surface area (Å²) in [6.07, 6.45) is 5.50. The molecule has 166 valence electrons. The highest BCUT2D eigenvalue weighted by Gasteiger charge is 2.26. The van der Waals surface area contributed by atoms with E-state index in [0.717, 1.165) is 47.8 Å². The number of fused-ring (bicyclic) bond motifs is 1. The first-order valence-corrected chi connectivity index (χ1v) is 11.8. The molecular formula is C24H30FN3O2S. The van der Waals surface area contributed by atoms with Crippen LogP contribution in [-0.2, 0) is 16.0 Å². The van der Waals surface area contributed by atoms with Gasteiger partial charge in [0, 0.05) is 55.4 Å². The summed E-state index contributed by atoms with van der Waals surface area (Å²) < 4.78 is 21.1. The van der Waals surface area contributed by atoms with E-state index in [9.17, 15) is 9.18 Å². The van der Waals surface area contributed by atoms with Crippen molar-refractivity contribution < 1.29 is 13.9 Å². The molecule has 1 atom stereocenters. The minimum Gasteiger partial charge on any atom is -0.376 e. The lowest BCUT2D eigenvalue weighted by atomic mass is 9.91. The molecule has 2 aromatic heterocycles. The van der Waals surface area contributed by atoms with Crippen molar-refractivity contribution in [3.05, 3.63) is 47.4 Å². The molecule has 0 aliphatic carbocycles. The monoisotopic (exact) mass is 443 g/mol. The number of carbonyl (C=O) groups excluding carboxylic acids is 1. The average Bonchev–Trinajstić information content (AvgIpc) is 3.42. The van der Waals surface area contributed by atoms with Crippen LogP contribution in [0.15, 0.2) is 35.8 Å².